The van der Waals surface area contributed by atoms with Gasteiger partial charge in [0.15, 0.2) is 11.5 Å². The third-order valence-corrected chi connectivity index (χ3v) is 3.60. The maximum atomic E-state index is 5.88. The molecule has 0 saturated carbocycles. The highest BCUT2D eigenvalue weighted by molar-refractivity contribution is 5.71. The first kappa shape index (κ1) is 11.7. The number of hydrogen-bond donors (Lipinski definition) is 1. The number of hydrogen-bond acceptors (Lipinski definition) is 4. The van der Waals surface area contributed by atoms with Crippen LogP contribution in [0, 0.1) is 13.8 Å². The molecule has 1 N–H and O–H groups in total. The highest BCUT2D eigenvalue weighted by atomic mass is 16.6. The Kier molecular flexibility index (Phi) is 3.04. The van der Waals surface area contributed by atoms with E-state index in [1.165, 1.54) is 16.8 Å². The standard InChI is InChI=1S/C14H20N2O2/c1-10-9-11(2)13-14(18-8-7-17-13)12(10)16-5-3-15-4-6-16/h9,15H,3-8H2,1-2H3. The molecule has 3 rings (SSSR count). The number of aryl methyl sites for hydroxylation is 2. The van der Waals surface area contributed by atoms with Crippen LogP contribution in [0.15, 0.2) is 6.07 Å². The van der Waals surface area contributed by atoms with Crippen molar-refractivity contribution < 1.29 is 9.47 Å². The van der Waals surface area contributed by atoms with Gasteiger partial charge < -0.3 is 19.7 Å². The molecular weight excluding hydrogens is 228 g/mol. The number of nitrogens with one attached hydrogen (secondary N) is 1. The molecule has 1 aromatic carbocycles. The van der Waals surface area contributed by atoms with E-state index in [0.29, 0.717) is 13.2 Å². The molecule has 4 nitrogen and oxygen atoms in total. The summed E-state index contributed by atoms with van der Waals surface area (Å²) < 4.78 is 11.7. The highest BCUT2D eigenvalue weighted by Crippen LogP contribution is 2.44. The SMILES string of the molecule is Cc1cc(C)c(N2CCNCC2)c2c1OCCO2. The van der Waals surface area contributed by atoms with Crippen molar-refractivity contribution in [2.75, 3.05) is 44.3 Å². The third kappa shape index (κ3) is 1.90. The predicted molar refractivity (Wildman–Crippen MR) is 72.0 cm³/mol. The van der Waals surface area contributed by atoms with Gasteiger partial charge in [0.25, 0.3) is 0 Å². The minimum atomic E-state index is 0.648. The van der Waals surface area contributed by atoms with Crippen LogP contribution in [0.3, 0.4) is 0 Å². The van der Waals surface area contributed by atoms with E-state index in [1.54, 1.807) is 0 Å². The van der Waals surface area contributed by atoms with E-state index in [4.69, 9.17) is 9.47 Å². The van der Waals surface area contributed by atoms with Gasteiger partial charge >= 0.3 is 0 Å². The van der Waals surface area contributed by atoms with Gasteiger partial charge in [-0.25, -0.2) is 0 Å². The van der Waals surface area contributed by atoms with Gasteiger partial charge in [0.05, 0.1) is 5.69 Å². The number of ether oxygens (including phenoxy) is 2. The Labute approximate surface area is 108 Å². The maximum Gasteiger partial charge on any atom is 0.185 e. The Hall–Kier alpha value is -1.42. The molecule has 2 heterocycles. The van der Waals surface area contributed by atoms with E-state index in [9.17, 15) is 0 Å². The Morgan fingerprint density at radius 1 is 1.00 bits per heavy atom. The first-order valence-electron chi connectivity index (χ1n) is 6.63. The van der Waals surface area contributed by atoms with Crippen molar-refractivity contribution in [3.63, 3.8) is 0 Å². The zero-order valence-electron chi connectivity index (χ0n) is 11.1. The maximum absolute atomic E-state index is 5.88. The summed E-state index contributed by atoms with van der Waals surface area (Å²) in [6.07, 6.45) is 0. The van der Waals surface area contributed by atoms with Crippen molar-refractivity contribution >= 4 is 5.69 Å². The second kappa shape index (κ2) is 4.69. The number of piperazine rings is 1. The largest absolute Gasteiger partial charge is 0.486 e. The van der Waals surface area contributed by atoms with Crippen LogP contribution in [-0.2, 0) is 0 Å². The van der Waals surface area contributed by atoms with Gasteiger partial charge in [-0.15, -0.1) is 0 Å². The molecule has 2 aliphatic rings. The van der Waals surface area contributed by atoms with Crippen molar-refractivity contribution in [3.05, 3.63) is 17.2 Å². The summed E-state index contributed by atoms with van der Waals surface area (Å²) in [7, 11) is 0. The summed E-state index contributed by atoms with van der Waals surface area (Å²) in [5.41, 5.74) is 3.66. The quantitative estimate of drug-likeness (QED) is 0.816. The fourth-order valence-electron chi connectivity index (χ4n) is 2.81. The van der Waals surface area contributed by atoms with Crippen LogP contribution in [-0.4, -0.2) is 39.4 Å². The van der Waals surface area contributed by atoms with Gasteiger partial charge in [0, 0.05) is 26.2 Å². The van der Waals surface area contributed by atoms with E-state index in [0.717, 1.165) is 37.7 Å². The molecule has 0 aromatic heterocycles. The second-order valence-electron chi connectivity index (χ2n) is 4.95. The number of fused-ring (bicyclic) bond motifs is 1. The lowest BCUT2D eigenvalue weighted by molar-refractivity contribution is 0.170. The highest BCUT2D eigenvalue weighted by Gasteiger charge is 2.25. The van der Waals surface area contributed by atoms with Crippen molar-refractivity contribution in [1.82, 2.24) is 5.32 Å². The minimum Gasteiger partial charge on any atom is -0.486 e. The summed E-state index contributed by atoms with van der Waals surface area (Å²) in [6.45, 7) is 9.66. The summed E-state index contributed by atoms with van der Waals surface area (Å²) in [5, 5.41) is 3.38. The molecule has 0 radical (unpaired) electrons. The number of rotatable bonds is 1. The van der Waals surface area contributed by atoms with E-state index in [2.05, 4.69) is 30.1 Å². The van der Waals surface area contributed by atoms with Crippen LogP contribution in [0.2, 0.25) is 0 Å². The van der Waals surface area contributed by atoms with E-state index >= 15 is 0 Å². The first-order valence-corrected chi connectivity index (χ1v) is 6.63. The van der Waals surface area contributed by atoms with Crippen LogP contribution >= 0.6 is 0 Å². The van der Waals surface area contributed by atoms with Crippen LogP contribution in [0.4, 0.5) is 5.69 Å². The lowest BCUT2D eigenvalue weighted by Gasteiger charge is -2.34. The van der Waals surface area contributed by atoms with Gasteiger partial charge in [0.2, 0.25) is 0 Å². The van der Waals surface area contributed by atoms with E-state index in [-0.39, 0.29) is 0 Å². The lowest BCUT2D eigenvalue weighted by atomic mass is 10.1. The average Bonchev–Trinajstić information content (AvgIpc) is 2.40. The molecule has 2 aliphatic heterocycles. The molecule has 0 aliphatic carbocycles. The topological polar surface area (TPSA) is 33.7 Å². The van der Waals surface area contributed by atoms with Gasteiger partial charge in [-0.2, -0.15) is 0 Å². The molecule has 0 atom stereocenters. The molecule has 1 saturated heterocycles. The fraction of sp³-hybridized carbons (Fsp3) is 0.571. The Morgan fingerprint density at radius 3 is 2.39 bits per heavy atom. The van der Waals surface area contributed by atoms with Crippen molar-refractivity contribution in [2.45, 2.75) is 13.8 Å². The van der Waals surface area contributed by atoms with Crippen molar-refractivity contribution in [3.8, 4) is 11.5 Å². The molecule has 98 valence electrons. The smallest absolute Gasteiger partial charge is 0.185 e. The Balaban J connectivity index is 2.06. The summed E-state index contributed by atoms with van der Waals surface area (Å²) >= 11 is 0. The molecule has 0 unspecified atom stereocenters. The predicted octanol–water partition coefficient (Wildman–Crippen LogP) is 1.48. The van der Waals surface area contributed by atoms with Crippen LogP contribution in [0.5, 0.6) is 11.5 Å². The third-order valence-electron chi connectivity index (χ3n) is 3.60. The molecule has 0 spiro atoms. The van der Waals surface area contributed by atoms with Crippen molar-refractivity contribution in [2.24, 2.45) is 0 Å². The van der Waals surface area contributed by atoms with E-state index in [1.807, 2.05) is 0 Å². The van der Waals surface area contributed by atoms with Gasteiger partial charge in [-0.1, -0.05) is 6.07 Å². The number of benzene rings is 1. The van der Waals surface area contributed by atoms with Crippen LogP contribution < -0.4 is 19.7 Å². The molecular formula is C14H20N2O2. The second-order valence-corrected chi connectivity index (χ2v) is 4.95. The molecule has 18 heavy (non-hydrogen) atoms. The van der Waals surface area contributed by atoms with E-state index < -0.39 is 0 Å². The lowest BCUT2D eigenvalue weighted by Crippen LogP contribution is -2.44. The minimum absolute atomic E-state index is 0.648. The zero-order chi connectivity index (χ0) is 12.5. The molecule has 0 bridgehead atoms. The Bertz CT molecular complexity index is 454. The molecule has 0 amide bonds. The Morgan fingerprint density at radius 2 is 1.67 bits per heavy atom. The van der Waals surface area contributed by atoms with Crippen LogP contribution in [0.1, 0.15) is 11.1 Å². The monoisotopic (exact) mass is 248 g/mol. The zero-order valence-corrected chi connectivity index (χ0v) is 11.1. The number of anilines is 1. The fourth-order valence-corrected chi connectivity index (χ4v) is 2.81. The normalized spacial score (nSPS) is 18.9. The summed E-state index contributed by atoms with van der Waals surface area (Å²) in [4.78, 5) is 2.40. The average molecular weight is 248 g/mol. The molecule has 1 aromatic rings. The summed E-state index contributed by atoms with van der Waals surface area (Å²) in [5.74, 6) is 1.88. The molecule has 4 heteroatoms. The number of nitrogens with zero attached hydrogens (tertiary/aromatic N) is 1. The van der Waals surface area contributed by atoms with Crippen LogP contribution in [0.25, 0.3) is 0 Å². The molecule has 1 fully saturated rings. The van der Waals surface area contributed by atoms with Gasteiger partial charge in [-0.3, -0.25) is 0 Å². The van der Waals surface area contributed by atoms with Gasteiger partial charge in [0.1, 0.15) is 13.2 Å². The van der Waals surface area contributed by atoms with Gasteiger partial charge in [-0.05, 0) is 25.0 Å². The van der Waals surface area contributed by atoms with Crippen molar-refractivity contribution in [1.29, 1.82) is 0 Å². The summed E-state index contributed by atoms with van der Waals surface area (Å²) in [6, 6.07) is 2.20. The first-order chi connectivity index (χ1) is 8.77.